The smallest absolute Gasteiger partial charge is 0.262 e. The third-order valence-electron chi connectivity index (χ3n) is 4.13. The Morgan fingerprint density at radius 2 is 2.10 bits per heavy atom. The monoisotopic (exact) mass is 328 g/mol. The van der Waals surface area contributed by atoms with Gasteiger partial charge in [-0.3, -0.25) is 4.40 Å². The van der Waals surface area contributed by atoms with E-state index in [0.717, 1.165) is 19.3 Å². The van der Waals surface area contributed by atoms with E-state index >= 15 is 0 Å². The molecule has 0 atom stereocenters. The first kappa shape index (κ1) is 14.8. The van der Waals surface area contributed by atoms with E-state index in [1.165, 1.54) is 11.3 Å². The number of thiazole rings is 1. The lowest BCUT2D eigenvalue weighted by atomic mass is 9.85. The van der Waals surface area contributed by atoms with Gasteiger partial charge < -0.3 is 5.73 Å². The van der Waals surface area contributed by atoms with Crippen molar-refractivity contribution >= 4 is 32.1 Å². The molecule has 1 aliphatic rings. The molecule has 2 N–H and O–H groups in total. The molecule has 2 aromatic heterocycles. The van der Waals surface area contributed by atoms with Crippen molar-refractivity contribution in [3.05, 3.63) is 11.6 Å². The first-order valence-corrected chi connectivity index (χ1v) is 9.34. The van der Waals surface area contributed by atoms with Crippen LogP contribution in [-0.4, -0.2) is 35.2 Å². The molecule has 0 radical (unpaired) electrons. The van der Waals surface area contributed by atoms with Gasteiger partial charge >= 0.3 is 0 Å². The van der Waals surface area contributed by atoms with Crippen LogP contribution < -0.4 is 5.73 Å². The second-order valence-electron chi connectivity index (χ2n) is 6.28. The Morgan fingerprint density at radius 1 is 1.33 bits per heavy atom. The first-order chi connectivity index (χ1) is 9.81. The minimum absolute atomic E-state index is 0.0883. The van der Waals surface area contributed by atoms with E-state index in [-0.39, 0.29) is 16.3 Å². The first-order valence-electron chi connectivity index (χ1n) is 7.02. The lowest BCUT2D eigenvalue weighted by molar-refractivity contribution is 0.314. The highest BCUT2D eigenvalue weighted by Crippen LogP contribution is 2.33. The van der Waals surface area contributed by atoms with Gasteiger partial charge in [0, 0.05) is 24.7 Å². The van der Waals surface area contributed by atoms with Gasteiger partial charge in [0.15, 0.2) is 15.8 Å². The van der Waals surface area contributed by atoms with Gasteiger partial charge in [-0.25, -0.2) is 13.4 Å². The zero-order chi connectivity index (χ0) is 15.3. The molecule has 0 unspecified atom stereocenters. The van der Waals surface area contributed by atoms with Crippen molar-refractivity contribution in [3.8, 4) is 0 Å². The van der Waals surface area contributed by atoms with Crippen molar-refractivity contribution in [1.82, 2.24) is 13.7 Å². The average Bonchev–Trinajstić information content (AvgIpc) is 2.85. The molecule has 1 aliphatic heterocycles. The normalized spacial score (nSPS) is 20.7. The molecule has 0 aromatic carbocycles. The summed E-state index contributed by atoms with van der Waals surface area (Å²) in [7, 11) is -3.60. The van der Waals surface area contributed by atoms with Crippen LogP contribution in [0.4, 0.5) is 5.82 Å². The van der Waals surface area contributed by atoms with Crippen molar-refractivity contribution in [3.63, 3.8) is 0 Å². The second kappa shape index (κ2) is 4.96. The summed E-state index contributed by atoms with van der Waals surface area (Å²) >= 11 is 1.38. The average molecular weight is 328 g/mol. The number of imidazole rings is 1. The number of aromatic nitrogens is 2. The Balaban J connectivity index is 2.00. The molecule has 0 bridgehead atoms. The highest BCUT2D eigenvalue weighted by Gasteiger charge is 2.34. The number of hydrogen-bond donors (Lipinski definition) is 1. The van der Waals surface area contributed by atoms with Crippen LogP contribution >= 0.6 is 11.3 Å². The molecule has 116 valence electrons. The number of hydrogen-bond acceptors (Lipinski definition) is 5. The summed E-state index contributed by atoms with van der Waals surface area (Å²) in [6.07, 6.45) is 4.47. The van der Waals surface area contributed by atoms with E-state index in [1.807, 2.05) is 5.38 Å². The van der Waals surface area contributed by atoms with Gasteiger partial charge in [-0.05, 0) is 24.7 Å². The van der Waals surface area contributed by atoms with Crippen LogP contribution in [0, 0.1) is 5.41 Å². The van der Waals surface area contributed by atoms with E-state index in [9.17, 15) is 8.42 Å². The molecule has 3 heterocycles. The van der Waals surface area contributed by atoms with E-state index in [0.29, 0.717) is 18.1 Å². The second-order valence-corrected chi connectivity index (χ2v) is 9.01. The van der Waals surface area contributed by atoms with Crippen LogP contribution in [0.25, 0.3) is 4.96 Å². The fourth-order valence-corrected chi connectivity index (χ4v) is 5.23. The predicted molar refractivity (Wildman–Crippen MR) is 83.9 cm³/mol. The Labute approximate surface area is 128 Å². The Kier molecular flexibility index (Phi) is 3.50. The van der Waals surface area contributed by atoms with Crippen LogP contribution in [0.3, 0.4) is 0 Å². The maximum atomic E-state index is 12.9. The maximum Gasteiger partial charge on any atom is 0.262 e. The molecule has 1 saturated heterocycles. The largest absolute Gasteiger partial charge is 0.381 e. The molecule has 8 heteroatoms. The minimum Gasteiger partial charge on any atom is -0.381 e. The number of fused-ring (bicyclic) bond motifs is 1. The van der Waals surface area contributed by atoms with Crippen molar-refractivity contribution in [2.75, 3.05) is 18.8 Å². The molecule has 0 saturated carbocycles. The summed E-state index contributed by atoms with van der Waals surface area (Å²) in [5, 5.41) is 1.92. The van der Waals surface area contributed by atoms with Gasteiger partial charge in [0.1, 0.15) is 0 Å². The van der Waals surface area contributed by atoms with E-state index in [2.05, 4.69) is 18.8 Å². The fraction of sp³-hybridized carbons (Fsp3) is 0.615. The summed E-state index contributed by atoms with van der Waals surface area (Å²) in [5.74, 6) is 0.0883. The van der Waals surface area contributed by atoms with Crippen LogP contribution in [0.1, 0.15) is 33.1 Å². The molecule has 2 aromatic rings. The van der Waals surface area contributed by atoms with Gasteiger partial charge in [-0.15, -0.1) is 11.3 Å². The molecule has 6 nitrogen and oxygen atoms in total. The van der Waals surface area contributed by atoms with E-state index in [4.69, 9.17) is 5.73 Å². The van der Waals surface area contributed by atoms with E-state index in [1.54, 1.807) is 14.9 Å². The molecule has 21 heavy (non-hydrogen) atoms. The predicted octanol–water partition coefficient (Wildman–Crippen LogP) is 2.18. The van der Waals surface area contributed by atoms with Gasteiger partial charge in [0.2, 0.25) is 0 Å². The van der Waals surface area contributed by atoms with Crippen LogP contribution in [0.15, 0.2) is 16.6 Å². The van der Waals surface area contributed by atoms with Crippen LogP contribution in [-0.2, 0) is 10.0 Å². The number of nitrogens with zero attached hydrogens (tertiary/aromatic N) is 3. The van der Waals surface area contributed by atoms with Gasteiger partial charge in [0.25, 0.3) is 10.0 Å². The van der Waals surface area contributed by atoms with Crippen molar-refractivity contribution in [2.45, 2.75) is 38.1 Å². The molecule has 1 fully saturated rings. The van der Waals surface area contributed by atoms with Crippen molar-refractivity contribution < 1.29 is 8.42 Å². The Morgan fingerprint density at radius 3 is 2.86 bits per heavy atom. The van der Waals surface area contributed by atoms with Gasteiger partial charge in [-0.2, -0.15) is 4.31 Å². The van der Waals surface area contributed by atoms with Crippen molar-refractivity contribution in [2.24, 2.45) is 5.41 Å². The Hall–Kier alpha value is -1.12. The number of rotatable bonds is 2. The molecule has 0 spiro atoms. The number of sulfonamides is 1. The SMILES string of the molecule is CC1(C)CCCN(S(=O)(=O)c2c(N)nc3sccn23)CC1. The van der Waals surface area contributed by atoms with Gasteiger partial charge in [0.05, 0.1) is 0 Å². The fourth-order valence-electron chi connectivity index (χ4n) is 2.80. The van der Waals surface area contributed by atoms with Crippen molar-refractivity contribution in [1.29, 1.82) is 0 Å². The molecule has 0 aliphatic carbocycles. The number of nitrogen functional groups attached to an aromatic ring is 1. The molecular formula is C13H20N4O2S2. The van der Waals surface area contributed by atoms with E-state index < -0.39 is 10.0 Å². The topological polar surface area (TPSA) is 80.7 Å². The summed E-state index contributed by atoms with van der Waals surface area (Å²) in [6.45, 7) is 5.45. The quantitative estimate of drug-likeness (QED) is 0.916. The van der Waals surface area contributed by atoms with Gasteiger partial charge in [-0.1, -0.05) is 13.8 Å². The zero-order valence-corrected chi connectivity index (χ0v) is 13.9. The molecule has 3 rings (SSSR count). The maximum absolute atomic E-state index is 12.9. The summed E-state index contributed by atoms with van der Waals surface area (Å²) in [5.41, 5.74) is 6.04. The molecule has 0 amide bonds. The zero-order valence-electron chi connectivity index (χ0n) is 12.2. The Bertz CT molecular complexity index is 760. The lowest BCUT2D eigenvalue weighted by Gasteiger charge is -2.23. The number of anilines is 1. The highest BCUT2D eigenvalue weighted by molar-refractivity contribution is 7.89. The standard InChI is InChI=1S/C13H20N4O2S2/c1-13(2)4-3-6-16(7-5-13)21(18,19)11-10(14)15-12-17(11)8-9-20-12/h8-9H,3-7,14H2,1-2H3. The van der Waals surface area contributed by atoms with Crippen LogP contribution in [0.2, 0.25) is 0 Å². The van der Waals surface area contributed by atoms with Crippen LogP contribution in [0.5, 0.6) is 0 Å². The minimum atomic E-state index is -3.60. The highest BCUT2D eigenvalue weighted by atomic mass is 32.2. The third kappa shape index (κ3) is 2.56. The third-order valence-corrected chi connectivity index (χ3v) is 6.82. The summed E-state index contributed by atoms with van der Waals surface area (Å²) < 4.78 is 29.0. The molecular weight excluding hydrogens is 308 g/mol. The lowest BCUT2D eigenvalue weighted by Crippen LogP contribution is -2.33. The summed E-state index contributed by atoms with van der Waals surface area (Å²) in [6, 6.07) is 0. The summed E-state index contributed by atoms with van der Waals surface area (Å²) in [4.78, 5) is 4.75. The number of nitrogens with two attached hydrogens (primary N) is 1.